The van der Waals surface area contributed by atoms with Crippen LogP contribution >= 0.6 is 43.5 Å². The van der Waals surface area contributed by atoms with Gasteiger partial charge in [-0.3, -0.25) is 4.79 Å². The smallest absolute Gasteiger partial charge is 0.255 e. The summed E-state index contributed by atoms with van der Waals surface area (Å²) in [7, 11) is 0. The topological polar surface area (TPSA) is 20.3 Å². The number of carbonyl (C=O) groups is 1. The summed E-state index contributed by atoms with van der Waals surface area (Å²) in [5, 5.41) is 0.631. The second-order valence-corrected chi connectivity index (χ2v) is 7.12. The van der Waals surface area contributed by atoms with E-state index < -0.39 is 0 Å². The molecule has 5 heteroatoms. The molecule has 1 fully saturated rings. The van der Waals surface area contributed by atoms with Crippen molar-refractivity contribution in [1.29, 1.82) is 0 Å². The van der Waals surface area contributed by atoms with Crippen molar-refractivity contribution in [2.24, 2.45) is 5.92 Å². The molecule has 98 valence electrons. The summed E-state index contributed by atoms with van der Waals surface area (Å²) in [6.07, 6.45) is 0.998. The predicted molar refractivity (Wildman–Crippen MR) is 81.6 cm³/mol. The van der Waals surface area contributed by atoms with Crippen molar-refractivity contribution < 1.29 is 4.79 Å². The van der Waals surface area contributed by atoms with Crippen molar-refractivity contribution in [2.75, 3.05) is 13.1 Å². The Morgan fingerprint density at radius 1 is 1.50 bits per heavy atom. The molecule has 0 N–H and O–H groups in total. The highest BCUT2D eigenvalue weighted by Gasteiger charge is 2.28. The predicted octanol–water partition coefficient (Wildman–Crippen LogP) is 4.35. The van der Waals surface area contributed by atoms with E-state index in [1.807, 2.05) is 4.90 Å². The number of alkyl halides is 1. The number of hydrogen-bond donors (Lipinski definition) is 0. The third-order valence-corrected chi connectivity index (χ3v) is 5.50. The molecule has 1 amide bonds. The summed E-state index contributed by atoms with van der Waals surface area (Å²) in [5.74, 6) is 0.554. The minimum atomic E-state index is 0.0739. The highest BCUT2D eigenvalue weighted by atomic mass is 79.9. The number of hydrogen-bond acceptors (Lipinski definition) is 1. The minimum absolute atomic E-state index is 0.0739. The molecule has 0 saturated carbocycles. The molecule has 2 unspecified atom stereocenters. The molecule has 1 aliphatic rings. The largest absolute Gasteiger partial charge is 0.338 e. The Morgan fingerprint density at radius 3 is 2.83 bits per heavy atom. The van der Waals surface area contributed by atoms with Crippen LogP contribution in [-0.4, -0.2) is 28.7 Å². The first kappa shape index (κ1) is 14.4. The van der Waals surface area contributed by atoms with Crippen LogP contribution in [0.5, 0.6) is 0 Å². The van der Waals surface area contributed by atoms with Crippen molar-refractivity contribution in [3.05, 3.63) is 33.3 Å². The third-order valence-electron chi connectivity index (χ3n) is 3.25. The van der Waals surface area contributed by atoms with Crippen LogP contribution in [0, 0.1) is 5.92 Å². The lowest BCUT2D eigenvalue weighted by Crippen LogP contribution is -2.43. The van der Waals surface area contributed by atoms with Gasteiger partial charge in [0, 0.05) is 27.4 Å². The van der Waals surface area contributed by atoms with Gasteiger partial charge in [0.05, 0.1) is 5.56 Å². The molecule has 1 saturated heterocycles. The summed E-state index contributed by atoms with van der Waals surface area (Å²) < 4.78 is 0.758. The molecule has 1 aliphatic heterocycles. The molecule has 0 spiro atoms. The Bertz CT molecular complexity index is 466. The van der Waals surface area contributed by atoms with Gasteiger partial charge in [0.15, 0.2) is 0 Å². The van der Waals surface area contributed by atoms with Gasteiger partial charge in [-0.05, 0) is 46.5 Å². The van der Waals surface area contributed by atoms with Gasteiger partial charge < -0.3 is 4.90 Å². The normalized spacial score (nSPS) is 24.1. The molecule has 0 radical (unpaired) electrons. The summed E-state index contributed by atoms with van der Waals surface area (Å²) in [6.45, 7) is 3.76. The maximum absolute atomic E-state index is 12.4. The number of nitrogens with zero attached hydrogens (tertiary/aromatic N) is 1. The first-order valence-corrected chi connectivity index (χ1v) is 7.96. The fraction of sp³-hybridized carbons (Fsp3) is 0.462. The molecular formula is C13H14Br2ClNO. The molecule has 0 aliphatic carbocycles. The number of benzene rings is 1. The average Bonchev–Trinajstić information content (AvgIpc) is 2.32. The number of piperidine rings is 1. The lowest BCUT2D eigenvalue weighted by molar-refractivity contribution is 0.0689. The van der Waals surface area contributed by atoms with Crippen LogP contribution in [0.1, 0.15) is 23.7 Å². The van der Waals surface area contributed by atoms with Crippen LogP contribution in [0.15, 0.2) is 22.7 Å². The fourth-order valence-electron chi connectivity index (χ4n) is 2.13. The average molecular weight is 396 g/mol. The second kappa shape index (κ2) is 5.93. The first-order valence-electron chi connectivity index (χ1n) is 5.87. The van der Waals surface area contributed by atoms with Gasteiger partial charge in [0.1, 0.15) is 0 Å². The molecule has 2 rings (SSSR count). The molecular weight excluding hydrogens is 381 g/mol. The molecule has 2 nitrogen and oxygen atoms in total. The Morgan fingerprint density at radius 2 is 2.22 bits per heavy atom. The van der Waals surface area contributed by atoms with Crippen LogP contribution in [-0.2, 0) is 0 Å². The zero-order valence-corrected chi connectivity index (χ0v) is 13.9. The quantitative estimate of drug-likeness (QED) is 0.648. The maximum Gasteiger partial charge on any atom is 0.255 e. The zero-order chi connectivity index (χ0) is 13.3. The van der Waals surface area contributed by atoms with Crippen LogP contribution in [0.3, 0.4) is 0 Å². The molecule has 1 aromatic carbocycles. The summed E-state index contributed by atoms with van der Waals surface area (Å²) in [5.41, 5.74) is 0.680. The van der Waals surface area contributed by atoms with Gasteiger partial charge in [-0.25, -0.2) is 0 Å². The van der Waals surface area contributed by atoms with E-state index in [1.165, 1.54) is 0 Å². The van der Waals surface area contributed by atoms with E-state index in [0.29, 0.717) is 21.3 Å². The Labute approximate surface area is 129 Å². The maximum atomic E-state index is 12.4. The van der Waals surface area contributed by atoms with Crippen molar-refractivity contribution >= 4 is 49.4 Å². The zero-order valence-electron chi connectivity index (χ0n) is 10.00. The van der Waals surface area contributed by atoms with Crippen LogP contribution in [0.2, 0.25) is 5.02 Å². The second-order valence-electron chi connectivity index (χ2n) is 4.66. The summed E-state index contributed by atoms with van der Waals surface area (Å²) in [6, 6.07) is 5.29. The van der Waals surface area contributed by atoms with E-state index in [4.69, 9.17) is 11.6 Å². The fourth-order valence-corrected chi connectivity index (χ4v) is 3.36. The lowest BCUT2D eigenvalue weighted by Gasteiger charge is -2.34. The van der Waals surface area contributed by atoms with Crippen molar-refractivity contribution in [3.8, 4) is 0 Å². The number of halogens is 3. The van der Waals surface area contributed by atoms with E-state index in [1.54, 1.807) is 18.2 Å². The van der Waals surface area contributed by atoms with Crippen LogP contribution < -0.4 is 0 Å². The SMILES string of the molecule is CC1CN(C(=O)c2ccc(Cl)cc2Br)CCC1Br. The first-order chi connectivity index (χ1) is 8.49. The van der Waals surface area contributed by atoms with Gasteiger partial charge in [-0.15, -0.1) is 0 Å². The number of rotatable bonds is 1. The summed E-state index contributed by atoms with van der Waals surface area (Å²) >= 11 is 12.9. The lowest BCUT2D eigenvalue weighted by atomic mass is 9.99. The van der Waals surface area contributed by atoms with E-state index >= 15 is 0 Å². The minimum Gasteiger partial charge on any atom is -0.338 e. The standard InChI is InChI=1S/C13H14Br2ClNO/c1-8-7-17(5-4-11(8)14)13(18)10-3-2-9(16)6-12(10)15/h2-3,6,8,11H,4-5,7H2,1H3. The van der Waals surface area contributed by atoms with E-state index in [0.717, 1.165) is 24.0 Å². The highest BCUT2D eigenvalue weighted by Crippen LogP contribution is 2.27. The van der Waals surface area contributed by atoms with Gasteiger partial charge in [-0.2, -0.15) is 0 Å². The third kappa shape index (κ3) is 3.09. The van der Waals surface area contributed by atoms with Crippen molar-refractivity contribution in [2.45, 2.75) is 18.2 Å². The monoisotopic (exact) mass is 393 g/mol. The molecule has 0 aromatic heterocycles. The molecule has 18 heavy (non-hydrogen) atoms. The van der Waals surface area contributed by atoms with Crippen molar-refractivity contribution in [1.82, 2.24) is 4.90 Å². The van der Waals surface area contributed by atoms with E-state index in [2.05, 4.69) is 38.8 Å². The van der Waals surface area contributed by atoms with Gasteiger partial charge in [0.25, 0.3) is 5.91 Å². The van der Waals surface area contributed by atoms with Crippen LogP contribution in [0.25, 0.3) is 0 Å². The van der Waals surface area contributed by atoms with Gasteiger partial charge >= 0.3 is 0 Å². The van der Waals surface area contributed by atoms with E-state index in [-0.39, 0.29) is 5.91 Å². The van der Waals surface area contributed by atoms with Crippen LogP contribution in [0.4, 0.5) is 0 Å². The van der Waals surface area contributed by atoms with Gasteiger partial charge in [0.2, 0.25) is 0 Å². The highest BCUT2D eigenvalue weighted by molar-refractivity contribution is 9.10. The van der Waals surface area contributed by atoms with Gasteiger partial charge in [-0.1, -0.05) is 34.5 Å². The number of carbonyl (C=O) groups excluding carboxylic acids is 1. The summed E-state index contributed by atoms with van der Waals surface area (Å²) in [4.78, 5) is 14.8. The molecule has 0 bridgehead atoms. The number of amides is 1. The molecule has 2 atom stereocenters. The Hall–Kier alpha value is -0.0600. The molecule has 1 heterocycles. The Balaban J connectivity index is 2.16. The number of likely N-dealkylation sites (tertiary alicyclic amines) is 1. The van der Waals surface area contributed by atoms with E-state index in [9.17, 15) is 4.79 Å². The Kier molecular flexibility index (Phi) is 4.73. The molecule has 1 aromatic rings. The van der Waals surface area contributed by atoms with Crippen molar-refractivity contribution in [3.63, 3.8) is 0 Å².